The van der Waals surface area contributed by atoms with Gasteiger partial charge in [0.25, 0.3) is 0 Å². The second-order valence-corrected chi connectivity index (χ2v) is 5.49. The molecule has 1 aliphatic rings. The first kappa shape index (κ1) is 13.0. The van der Waals surface area contributed by atoms with Gasteiger partial charge in [-0.2, -0.15) is 0 Å². The highest BCUT2D eigenvalue weighted by atomic mass is 16.5. The first-order valence-corrected chi connectivity index (χ1v) is 7.22. The second-order valence-electron chi connectivity index (χ2n) is 5.49. The number of nitrogens with one attached hydrogen (secondary N) is 1. The van der Waals surface area contributed by atoms with Gasteiger partial charge in [0, 0.05) is 17.8 Å². The average Bonchev–Trinajstić information content (AvgIpc) is 2.49. The molecule has 0 atom stereocenters. The summed E-state index contributed by atoms with van der Waals surface area (Å²) in [6.45, 7) is 5.31. The fourth-order valence-corrected chi connectivity index (χ4v) is 2.91. The summed E-state index contributed by atoms with van der Waals surface area (Å²) in [6, 6.07) is 11.0. The number of hydrogen-bond donors (Lipinski definition) is 1. The van der Waals surface area contributed by atoms with Gasteiger partial charge in [-0.25, -0.2) is 0 Å². The molecule has 2 aromatic rings. The Bertz CT molecular complexity index is 646. The molecule has 3 rings (SSSR count). The zero-order chi connectivity index (χ0) is 14.1. The number of methoxy groups -OCH3 is 1. The Morgan fingerprint density at radius 1 is 1.10 bits per heavy atom. The molecule has 2 nitrogen and oxygen atoms in total. The molecule has 1 N–H and O–H groups in total. The first-order valence-electron chi connectivity index (χ1n) is 7.22. The Hall–Kier alpha value is -1.96. The van der Waals surface area contributed by atoms with Crippen molar-refractivity contribution in [3.8, 4) is 16.9 Å². The van der Waals surface area contributed by atoms with Crippen molar-refractivity contribution in [3.05, 3.63) is 47.0 Å². The first-order chi connectivity index (χ1) is 9.70. The second kappa shape index (κ2) is 5.20. The van der Waals surface area contributed by atoms with Gasteiger partial charge in [0.2, 0.25) is 0 Å². The van der Waals surface area contributed by atoms with Crippen LogP contribution in [0.1, 0.15) is 23.1 Å². The van der Waals surface area contributed by atoms with Gasteiger partial charge in [0.1, 0.15) is 5.75 Å². The van der Waals surface area contributed by atoms with E-state index in [1.165, 1.54) is 46.3 Å². The molecular formula is C18H21NO. The molecular weight excluding hydrogens is 246 g/mol. The van der Waals surface area contributed by atoms with Crippen LogP contribution < -0.4 is 10.1 Å². The molecule has 0 saturated heterocycles. The van der Waals surface area contributed by atoms with Crippen molar-refractivity contribution in [2.24, 2.45) is 0 Å². The molecule has 1 heterocycles. The van der Waals surface area contributed by atoms with Crippen LogP contribution in [0.15, 0.2) is 30.3 Å². The summed E-state index contributed by atoms with van der Waals surface area (Å²) in [7, 11) is 1.75. The van der Waals surface area contributed by atoms with E-state index in [0.717, 1.165) is 12.3 Å². The summed E-state index contributed by atoms with van der Waals surface area (Å²) in [4.78, 5) is 0. The maximum absolute atomic E-state index is 5.64. The van der Waals surface area contributed by atoms with Gasteiger partial charge in [-0.3, -0.25) is 0 Å². The quantitative estimate of drug-likeness (QED) is 0.874. The third-order valence-electron chi connectivity index (χ3n) is 4.24. The van der Waals surface area contributed by atoms with Crippen molar-refractivity contribution in [1.29, 1.82) is 0 Å². The zero-order valence-electron chi connectivity index (χ0n) is 12.4. The van der Waals surface area contributed by atoms with E-state index in [2.05, 4.69) is 49.5 Å². The van der Waals surface area contributed by atoms with Gasteiger partial charge in [-0.05, 0) is 55.0 Å². The van der Waals surface area contributed by atoms with Gasteiger partial charge in [0.05, 0.1) is 7.11 Å². The van der Waals surface area contributed by atoms with Crippen molar-refractivity contribution < 1.29 is 4.74 Å². The summed E-state index contributed by atoms with van der Waals surface area (Å²) in [5.74, 6) is 0.987. The highest BCUT2D eigenvalue weighted by Crippen LogP contribution is 2.36. The molecule has 0 radical (unpaired) electrons. The molecule has 0 bridgehead atoms. The number of benzene rings is 2. The maximum atomic E-state index is 5.64. The third kappa shape index (κ3) is 2.15. The molecule has 0 aromatic heterocycles. The van der Waals surface area contributed by atoms with E-state index in [9.17, 15) is 0 Å². The number of hydrogen-bond acceptors (Lipinski definition) is 2. The minimum absolute atomic E-state index is 0.987. The Kier molecular flexibility index (Phi) is 3.39. The summed E-state index contributed by atoms with van der Waals surface area (Å²) in [5, 5.41) is 3.50. The number of ether oxygens (including phenoxy) is 1. The van der Waals surface area contributed by atoms with Gasteiger partial charge in [-0.1, -0.05) is 24.3 Å². The van der Waals surface area contributed by atoms with Gasteiger partial charge in [-0.15, -0.1) is 0 Å². The zero-order valence-corrected chi connectivity index (χ0v) is 12.4. The average molecular weight is 267 g/mol. The topological polar surface area (TPSA) is 21.3 Å². The van der Waals surface area contributed by atoms with Crippen molar-refractivity contribution in [1.82, 2.24) is 0 Å². The number of fused-ring (bicyclic) bond motifs is 1. The monoisotopic (exact) mass is 267 g/mol. The lowest BCUT2D eigenvalue weighted by molar-refractivity contribution is 0.413. The minimum Gasteiger partial charge on any atom is -0.496 e. The molecule has 20 heavy (non-hydrogen) atoms. The van der Waals surface area contributed by atoms with E-state index < -0.39 is 0 Å². The van der Waals surface area contributed by atoms with Crippen LogP contribution in [0.2, 0.25) is 0 Å². The molecule has 0 fully saturated rings. The molecule has 104 valence electrons. The highest BCUT2D eigenvalue weighted by Gasteiger charge is 2.13. The van der Waals surface area contributed by atoms with Crippen LogP contribution in [0.25, 0.3) is 11.1 Å². The normalized spacial score (nSPS) is 13.6. The highest BCUT2D eigenvalue weighted by molar-refractivity contribution is 5.76. The number of rotatable bonds is 2. The fraction of sp³-hybridized carbons (Fsp3) is 0.333. The predicted molar refractivity (Wildman–Crippen MR) is 84.7 cm³/mol. The number of anilines is 1. The standard InChI is InChI=1S/C18H21NO/c1-12-6-9-16(18(20-3)13(12)2)15-8-7-14-5-4-10-19-17(14)11-15/h6-9,11,19H,4-5,10H2,1-3H3. The lowest BCUT2D eigenvalue weighted by atomic mass is 9.95. The van der Waals surface area contributed by atoms with Gasteiger partial charge >= 0.3 is 0 Å². The van der Waals surface area contributed by atoms with E-state index in [0.29, 0.717) is 0 Å². The summed E-state index contributed by atoms with van der Waals surface area (Å²) in [5.41, 5.74) is 7.57. The molecule has 0 aliphatic carbocycles. The van der Waals surface area contributed by atoms with Crippen LogP contribution in [0.3, 0.4) is 0 Å². The van der Waals surface area contributed by atoms with Crippen LogP contribution >= 0.6 is 0 Å². The van der Waals surface area contributed by atoms with Crippen molar-refractivity contribution in [3.63, 3.8) is 0 Å². The van der Waals surface area contributed by atoms with Crippen LogP contribution in [0.4, 0.5) is 5.69 Å². The van der Waals surface area contributed by atoms with E-state index in [-0.39, 0.29) is 0 Å². The van der Waals surface area contributed by atoms with E-state index in [1.807, 2.05) is 0 Å². The van der Waals surface area contributed by atoms with Crippen LogP contribution in [-0.2, 0) is 6.42 Å². The number of aryl methyl sites for hydroxylation is 2. The molecule has 1 aliphatic heterocycles. The van der Waals surface area contributed by atoms with Gasteiger partial charge < -0.3 is 10.1 Å². The summed E-state index contributed by atoms with van der Waals surface area (Å²) >= 11 is 0. The largest absolute Gasteiger partial charge is 0.496 e. The lowest BCUT2D eigenvalue weighted by Crippen LogP contribution is -2.11. The Labute approximate surface area is 120 Å². The SMILES string of the molecule is COc1c(-c2ccc3c(c2)NCCC3)ccc(C)c1C. The third-order valence-corrected chi connectivity index (χ3v) is 4.24. The molecule has 0 saturated carbocycles. The van der Waals surface area contributed by atoms with Crippen molar-refractivity contribution in [2.45, 2.75) is 26.7 Å². The van der Waals surface area contributed by atoms with E-state index in [4.69, 9.17) is 4.74 Å². The van der Waals surface area contributed by atoms with Crippen LogP contribution in [0, 0.1) is 13.8 Å². The van der Waals surface area contributed by atoms with E-state index in [1.54, 1.807) is 7.11 Å². The Morgan fingerprint density at radius 2 is 1.95 bits per heavy atom. The summed E-state index contributed by atoms with van der Waals surface area (Å²) < 4.78 is 5.64. The minimum atomic E-state index is 0.987. The molecule has 0 unspecified atom stereocenters. The molecule has 0 amide bonds. The van der Waals surface area contributed by atoms with E-state index >= 15 is 0 Å². The maximum Gasteiger partial charge on any atom is 0.129 e. The Balaban J connectivity index is 2.11. The Morgan fingerprint density at radius 3 is 2.75 bits per heavy atom. The van der Waals surface area contributed by atoms with Crippen LogP contribution in [-0.4, -0.2) is 13.7 Å². The predicted octanol–water partition coefficient (Wildman–Crippen LogP) is 4.34. The molecule has 0 spiro atoms. The lowest BCUT2D eigenvalue weighted by Gasteiger charge is -2.20. The van der Waals surface area contributed by atoms with Gasteiger partial charge in [0.15, 0.2) is 0 Å². The van der Waals surface area contributed by atoms with Crippen molar-refractivity contribution in [2.75, 3.05) is 19.0 Å². The molecule has 2 heteroatoms. The molecule has 2 aromatic carbocycles. The summed E-state index contributed by atoms with van der Waals surface area (Å²) in [6.07, 6.45) is 2.39. The smallest absolute Gasteiger partial charge is 0.129 e. The fourth-order valence-electron chi connectivity index (χ4n) is 2.91. The van der Waals surface area contributed by atoms with Crippen LogP contribution in [0.5, 0.6) is 5.75 Å². The van der Waals surface area contributed by atoms with Crippen molar-refractivity contribution >= 4 is 5.69 Å².